The zero-order chi connectivity index (χ0) is 37.6. The summed E-state index contributed by atoms with van der Waals surface area (Å²) in [5, 5.41) is 18.6. The molecule has 3 saturated heterocycles. The van der Waals surface area contributed by atoms with Crippen LogP contribution >= 0.6 is 0 Å². The summed E-state index contributed by atoms with van der Waals surface area (Å²) in [6.45, 7) is 15.9. The summed E-state index contributed by atoms with van der Waals surface area (Å²) >= 11 is 0. The number of carbonyl (C=O) groups is 3. The second-order valence-corrected chi connectivity index (χ2v) is 15.3. The summed E-state index contributed by atoms with van der Waals surface area (Å²) in [7, 11) is 5.36. The van der Waals surface area contributed by atoms with Crippen LogP contribution in [-0.4, -0.2) is 134 Å². The minimum Gasteiger partial charge on any atom is -0.458 e. The van der Waals surface area contributed by atoms with Crippen LogP contribution < -0.4 is 5.32 Å². The van der Waals surface area contributed by atoms with Crippen molar-refractivity contribution in [2.24, 2.45) is 22.9 Å². The molecule has 0 radical (unpaired) electrons. The molecule has 0 saturated carbocycles. The Kier molecular flexibility index (Phi) is 14.9. The number of unbranched alkanes of at least 4 members (excludes halogenated alkanes) is 1. The molecule has 3 heterocycles. The molecule has 1 amide bonds. The Morgan fingerprint density at radius 1 is 1.14 bits per heavy atom. The Hall–Kier alpha value is -2.52. The third-order valence-electron chi connectivity index (χ3n) is 11.0. The van der Waals surface area contributed by atoms with Gasteiger partial charge in [-0.2, -0.15) is 0 Å². The molecule has 13 atom stereocenters. The first-order valence-electron chi connectivity index (χ1n) is 18.1. The van der Waals surface area contributed by atoms with Crippen molar-refractivity contribution in [2.45, 2.75) is 148 Å². The van der Waals surface area contributed by atoms with Crippen molar-refractivity contribution in [2.75, 3.05) is 40.8 Å². The zero-order valence-corrected chi connectivity index (χ0v) is 32.0. The van der Waals surface area contributed by atoms with Gasteiger partial charge >= 0.3 is 12.1 Å². The van der Waals surface area contributed by atoms with Gasteiger partial charge in [-0.15, -0.1) is 0 Å². The van der Waals surface area contributed by atoms with E-state index in [1.807, 2.05) is 46.7 Å². The summed E-state index contributed by atoms with van der Waals surface area (Å²) in [6.07, 6.45) is -1.89. The van der Waals surface area contributed by atoms with Crippen LogP contribution in [0.5, 0.6) is 0 Å². The van der Waals surface area contributed by atoms with E-state index in [2.05, 4.69) is 22.3 Å². The number of likely N-dealkylation sites (N-methyl/N-ethyl adjacent to an activating group) is 1. The largest absolute Gasteiger partial charge is 0.458 e. The third kappa shape index (κ3) is 9.28. The van der Waals surface area contributed by atoms with Crippen LogP contribution in [0.15, 0.2) is 5.11 Å². The minimum atomic E-state index is -1.22. The number of aliphatic hydroxyl groups is 1. The molecule has 3 aliphatic rings. The van der Waals surface area contributed by atoms with Crippen LogP contribution in [0.1, 0.15) is 87.5 Å². The maximum absolute atomic E-state index is 14.2. The van der Waals surface area contributed by atoms with Gasteiger partial charge in [-0.1, -0.05) is 25.9 Å². The summed E-state index contributed by atoms with van der Waals surface area (Å²) in [6, 6.07) is -1.04. The van der Waals surface area contributed by atoms with E-state index in [4.69, 9.17) is 29.2 Å². The normalized spacial score (nSPS) is 40.7. The number of ketones is 1. The Bertz CT molecular complexity index is 1220. The highest BCUT2D eigenvalue weighted by Crippen LogP contribution is 2.40. The molecule has 0 aliphatic carbocycles. The highest BCUT2D eigenvalue weighted by molar-refractivity contribution is 6.00. The van der Waals surface area contributed by atoms with Gasteiger partial charge in [0, 0.05) is 43.1 Å². The van der Waals surface area contributed by atoms with Crippen LogP contribution in [0.3, 0.4) is 0 Å². The molecule has 0 aromatic rings. The predicted octanol–water partition coefficient (Wildman–Crippen LogP) is 4.05. The molecule has 3 aliphatic heterocycles. The van der Waals surface area contributed by atoms with Crippen LogP contribution in [0.4, 0.5) is 4.79 Å². The van der Waals surface area contributed by atoms with Gasteiger partial charge in [0.2, 0.25) is 0 Å². The van der Waals surface area contributed by atoms with E-state index in [-0.39, 0.29) is 24.1 Å². The van der Waals surface area contributed by atoms with E-state index >= 15 is 0 Å². The van der Waals surface area contributed by atoms with Crippen LogP contribution in [0.2, 0.25) is 0 Å². The lowest BCUT2D eigenvalue weighted by atomic mass is 9.78. The van der Waals surface area contributed by atoms with Crippen LogP contribution in [-0.2, 0) is 33.3 Å². The average molecular weight is 711 g/mol. The number of Topliss-reactive ketones (excluding diaryl/α,β-unsaturated/α-hetero) is 1. The van der Waals surface area contributed by atoms with Crippen molar-refractivity contribution in [3.63, 3.8) is 0 Å². The number of nitrogens with zero attached hydrogens (tertiary/aromatic N) is 5. The van der Waals surface area contributed by atoms with Gasteiger partial charge in [0.1, 0.15) is 18.1 Å². The first-order valence-corrected chi connectivity index (χ1v) is 18.1. The van der Waals surface area contributed by atoms with Gasteiger partial charge in [-0.05, 0) is 98.8 Å². The fourth-order valence-electron chi connectivity index (χ4n) is 8.17. The van der Waals surface area contributed by atoms with Gasteiger partial charge in [0.25, 0.3) is 0 Å². The Morgan fingerprint density at radius 2 is 1.82 bits per heavy atom. The molecular formula is C35H62N6O9. The van der Waals surface area contributed by atoms with Crippen molar-refractivity contribution in [1.82, 2.24) is 15.1 Å². The number of esters is 1. The number of ether oxygens (including phenoxy) is 5. The number of nitrogens with one attached hydrogen (secondary N) is 1. The van der Waals surface area contributed by atoms with Gasteiger partial charge in [-0.3, -0.25) is 14.5 Å². The van der Waals surface area contributed by atoms with Crippen LogP contribution in [0, 0.1) is 17.8 Å². The number of fused-ring (bicyclic) bond motifs is 1. The van der Waals surface area contributed by atoms with Crippen molar-refractivity contribution < 1.29 is 43.2 Å². The number of azide groups is 1. The molecule has 15 heteroatoms. The molecule has 15 nitrogen and oxygen atoms in total. The second kappa shape index (κ2) is 17.8. The summed E-state index contributed by atoms with van der Waals surface area (Å²) < 4.78 is 31.1. The third-order valence-corrected chi connectivity index (χ3v) is 11.0. The number of hydrogen-bond acceptors (Lipinski definition) is 12. The lowest BCUT2D eigenvalue weighted by Gasteiger charge is -2.46. The molecule has 2 N–H and O–H groups in total. The van der Waals surface area contributed by atoms with Crippen LogP contribution in [0.25, 0.3) is 10.4 Å². The first kappa shape index (κ1) is 41.9. The second-order valence-electron chi connectivity index (χ2n) is 15.3. The maximum Gasteiger partial charge on any atom is 0.410 e. The number of amides is 1. The molecule has 0 aromatic carbocycles. The van der Waals surface area contributed by atoms with Crippen molar-refractivity contribution >= 4 is 17.8 Å². The molecule has 0 spiro atoms. The van der Waals surface area contributed by atoms with E-state index in [1.54, 1.807) is 25.9 Å². The average Bonchev–Trinajstić information content (AvgIpc) is 3.33. The predicted molar refractivity (Wildman–Crippen MR) is 186 cm³/mol. The fraction of sp³-hybridized carbons (Fsp3) is 0.914. The maximum atomic E-state index is 14.2. The summed E-state index contributed by atoms with van der Waals surface area (Å²) in [5.41, 5.74) is 6.39. The van der Waals surface area contributed by atoms with Crippen molar-refractivity contribution in [3.05, 3.63) is 10.4 Å². The van der Waals surface area contributed by atoms with Crippen molar-refractivity contribution in [3.8, 4) is 0 Å². The number of hydrogen-bond donors (Lipinski definition) is 2. The van der Waals surface area contributed by atoms with E-state index < -0.39 is 71.5 Å². The van der Waals surface area contributed by atoms with Gasteiger partial charge in [0.05, 0.1) is 23.9 Å². The molecule has 0 bridgehead atoms. The van der Waals surface area contributed by atoms with E-state index in [9.17, 15) is 19.5 Å². The zero-order valence-electron chi connectivity index (χ0n) is 32.0. The highest BCUT2D eigenvalue weighted by atomic mass is 16.7. The summed E-state index contributed by atoms with van der Waals surface area (Å²) in [5.74, 6) is -3.17. The molecule has 3 rings (SSSR count). The first-order chi connectivity index (χ1) is 23.4. The SMILES string of the molecule is CC[C@H]1OC(=O)[C@H](C)C(=O)[C@H](C)[C@@H](O[C@@H]2OC(C)CC(N(C)C)C2O)[C@](C)(OC)C[C@@H](C)CN[C@H](C)[C@H]2N(CCCCN=[N+]=[N-])C(=O)O[C@]12C. The van der Waals surface area contributed by atoms with Gasteiger partial charge < -0.3 is 39.0 Å². The molecular weight excluding hydrogens is 648 g/mol. The minimum absolute atomic E-state index is 0.00887. The number of cyclic esters (lactones) is 1. The lowest BCUT2D eigenvalue weighted by molar-refractivity contribution is -0.295. The highest BCUT2D eigenvalue weighted by Gasteiger charge is 2.58. The number of carbonyl (C=O) groups excluding carboxylic acids is 3. The van der Waals surface area contributed by atoms with E-state index in [0.717, 1.165) is 0 Å². The molecule has 286 valence electrons. The Morgan fingerprint density at radius 3 is 2.42 bits per heavy atom. The van der Waals surface area contributed by atoms with Gasteiger partial charge in [0.15, 0.2) is 17.7 Å². The number of rotatable bonds is 10. The van der Waals surface area contributed by atoms with E-state index in [1.165, 1.54) is 6.92 Å². The standard InChI is InChI=1S/C35H62N6O9/c1-12-26-35(8)29(41(33(45)50-35)16-14-13-15-38-39-36)24(6)37-19-20(2)18-34(7,46-11)30(22(4)27(42)23(5)31(44)48-26)49-32-28(43)25(40(9)10)17-21(3)47-32/h20-26,28-30,32,37,43H,12-19H2,1-11H3/t20-,21?,22+,23-,24-,25?,26-,28?,29-,30-,32+,34-,35-/m1/s1. The molecule has 0 aromatic heterocycles. The Balaban J connectivity index is 2.02. The van der Waals surface area contributed by atoms with Gasteiger partial charge in [-0.25, -0.2) is 4.79 Å². The van der Waals surface area contributed by atoms with E-state index in [0.29, 0.717) is 51.7 Å². The number of aliphatic hydroxyl groups excluding tert-OH is 1. The molecule has 3 unspecified atom stereocenters. The van der Waals surface area contributed by atoms with Crippen molar-refractivity contribution in [1.29, 1.82) is 0 Å². The smallest absolute Gasteiger partial charge is 0.410 e. The molecule has 50 heavy (non-hydrogen) atoms. The topological polar surface area (TPSA) is 185 Å². The Labute approximate surface area is 297 Å². The molecule has 3 fully saturated rings. The fourth-order valence-corrected chi connectivity index (χ4v) is 8.17. The quantitative estimate of drug-likeness (QED) is 0.0832. The monoisotopic (exact) mass is 710 g/mol. The lowest BCUT2D eigenvalue weighted by Crippen LogP contribution is -2.61. The number of methoxy groups -OCH3 is 1. The summed E-state index contributed by atoms with van der Waals surface area (Å²) in [4.78, 5) is 47.9.